The lowest BCUT2D eigenvalue weighted by molar-refractivity contribution is 0.186. The number of carbonyl (C=O) groups is 1. The molecule has 1 aliphatic carbocycles. The Hall–Kier alpha value is -0.770. The van der Waals surface area contributed by atoms with E-state index in [4.69, 9.17) is 0 Å². The van der Waals surface area contributed by atoms with Crippen molar-refractivity contribution in [3.8, 4) is 0 Å². The Bertz CT molecular complexity index is 220. The van der Waals surface area contributed by atoms with Crippen molar-refractivity contribution < 1.29 is 4.79 Å². The number of carbonyl (C=O) groups excluding carboxylic acids is 1. The lowest BCUT2D eigenvalue weighted by atomic mass is 9.89. The van der Waals surface area contributed by atoms with Gasteiger partial charge in [0.1, 0.15) is 0 Å². The van der Waals surface area contributed by atoms with Crippen LogP contribution in [0.25, 0.3) is 0 Å². The Labute approximate surface area is 97.8 Å². The summed E-state index contributed by atoms with van der Waals surface area (Å²) in [5, 5.41) is 6.33. The zero-order valence-electron chi connectivity index (χ0n) is 10.0. The van der Waals surface area contributed by atoms with Crippen molar-refractivity contribution in [2.24, 2.45) is 5.92 Å². The van der Waals surface area contributed by atoms with Gasteiger partial charge in [-0.05, 0) is 18.8 Å². The molecule has 2 amide bonds. The molecule has 2 fully saturated rings. The van der Waals surface area contributed by atoms with Crippen LogP contribution in [0.2, 0.25) is 0 Å². The first-order chi connectivity index (χ1) is 7.86. The van der Waals surface area contributed by atoms with Gasteiger partial charge < -0.3 is 15.5 Å². The van der Waals surface area contributed by atoms with Gasteiger partial charge in [-0.2, -0.15) is 0 Å². The minimum atomic E-state index is 0.132. The van der Waals surface area contributed by atoms with Crippen LogP contribution in [-0.4, -0.2) is 43.7 Å². The highest BCUT2D eigenvalue weighted by Crippen LogP contribution is 2.22. The van der Waals surface area contributed by atoms with Crippen LogP contribution < -0.4 is 10.6 Å². The highest BCUT2D eigenvalue weighted by atomic mass is 16.2. The molecule has 2 rings (SSSR count). The molecule has 16 heavy (non-hydrogen) atoms. The largest absolute Gasteiger partial charge is 0.338 e. The summed E-state index contributed by atoms with van der Waals surface area (Å²) in [7, 11) is 0. The van der Waals surface area contributed by atoms with Crippen molar-refractivity contribution in [3.63, 3.8) is 0 Å². The smallest absolute Gasteiger partial charge is 0.317 e. The normalized spacial score (nSPS) is 23.1. The lowest BCUT2D eigenvalue weighted by Crippen LogP contribution is -2.50. The fourth-order valence-corrected chi connectivity index (χ4v) is 2.60. The summed E-state index contributed by atoms with van der Waals surface area (Å²) in [6, 6.07) is 0.132. The monoisotopic (exact) mass is 225 g/mol. The molecule has 0 atom stereocenters. The first-order valence-corrected chi connectivity index (χ1v) is 6.60. The molecule has 92 valence electrons. The fraction of sp³-hybridized carbons (Fsp3) is 0.917. The van der Waals surface area contributed by atoms with Crippen LogP contribution in [0.15, 0.2) is 0 Å². The molecular formula is C12H23N3O. The number of rotatable bonds is 2. The Morgan fingerprint density at radius 1 is 1.19 bits per heavy atom. The van der Waals surface area contributed by atoms with Crippen molar-refractivity contribution in [2.45, 2.75) is 32.1 Å². The molecule has 0 aromatic carbocycles. The summed E-state index contributed by atoms with van der Waals surface area (Å²) < 4.78 is 0. The van der Waals surface area contributed by atoms with E-state index in [1.165, 1.54) is 32.1 Å². The number of nitrogens with zero attached hydrogens (tertiary/aromatic N) is 1. The molecule has 0 bridgehead atoms. The predicted octanol–water partition coefficient (Wildman–Crippen LogP) is 1.18. The molecule has 0 spiro atoms. The van der Waals surface area contributed by atoms with E-state index in [0.717, 1.165) is 38.6 Å². The summed E-state index contributed by atoms with van der Waals surface area (Å²) in [5.74, 6) is 0.723. The van der Waals surface area contributed by atoms with Gasteiger partial charge in [-0.15, -0.1) is 0 Å². The van der Waals surface area contributed by atoms with E-state index in [1.54, 1.807) is 0 Å². The Kier molecular flexibility index (Phi) is 4.45. The highest BCUT2D eigenvalue weighted by Gasteiger charge is 2.18. The van der Waals surface area contributed by atoms with Crippen molar-refractivity contribution in [2.75, 3.05) is 32.7 Å². The number of piperazine rings is 1. The average molecular weight is 225 g/mol. The molecule has 4 heteroatoms. The first kappa shape index (κ1) is 11.7. The third-order valence-corrected chi connectivity index (χ3v) is 3.67. The van der Waals surface area contributed by atoms with Gasteiger partial charge in [0.05, 0.1) is 0 Å². The molecule has 2 N–H and O–H groups in total. The van der Waals surface area contributed by atoms with Gasteiger partial charge in [-0.3, -0.25) is 0 Å². The van der Waals surface area contributed by atoms with Crippen LogP contribution in [0.3, 0.4) is 0 Å². The van der Waals surface area contributed by atoms with Crippen LogP contribution in [0.1, 0.15) is 32.1 Å². The maximum absolute atomic E-state index is 11.8. The summed E-state index contributed by atoms with van der Waals surface area (Å²) in [5.41, 5.74) is 0. The molecular weight excluding hydrogens is 202 g/mol. The van der Waals surface area contributed by atoms with Crippen LogP contribution in [0, 0.1) is 5.92 Å². The summed E-state index contributed by atoms with van der Waals surface area (Å²) in [6.45, 7) is 4.42. The quantitative estimate of drug-likeness (QED) is 0.741. The van der Waals surface area contributed by atoms with Gasteiger partial charge in [0, 0.05) is 32.7 Å². The number of hydrogen-bond acceptors (Lipinski definition) is 2. The van der Waals surface area contributed by atoms with Gasteiger partial charge in [-0.25, -0.2) is 4.79 Å². The molecule has 1 heterocycles. The molecule has 0 aromatic heterocycles. The number of amides is 2. The number of nitrogens with one attached hydrogen (secondary N) is 2. The SMILES string of the molecule is O=C(NCC1CCCCC1)N1CCNCC1. The molecule has 1 saturated heterocycles. The number of urea groups is 1. The molecule has 0 radical (unpaired) electrons. The Balaban J connectivity index is 1.65. The van der Waals surface area contributed by atoms with Crippen molar-refractivity contribution in [1.29, 1.82) is 0 Å². The predicted molar refractivity (Wildman–Crippen MR) is 64.4 cm³/mol. The second kappa shape index (κ2) is 6.09. The topological polar surface area (TPSA) is 44.4 Å². The third-order valence-electron chi connectivity index (χ3n) is 3.67. The van der Waals surface area contributed by atoms with Crippen molar-refractivity contribution in [3.05, 3.63) is 0 Å². The average Bonchev–Trinajstić information content (AvgIpc) is 2.38. The third kappa shape index (κ3) is 3.37. The minimum Gasteiger partial charge on any atom is -0.338 e. The van der Waals surface area contributed by atoms with Gasteiger partial charge in [0.2, 0.25) is 0 Å². The fourth-order valence-electron chi connectivity index (χ4n) is 2.60. The Morgan fingerprint density at radius 3 is 2.56 bits per heavy atom. The standard InChI is InChI=1S/C12H23N3O/c16-12(15-8-6-13-7-9-15)14-10-11-4-2-1-3-5-11/h11,13H,1-10H2,(H,14,16). The van der Waals surface area contributed by atoms with Gasteiger partial charge in [-0.1, -0.05) is 19.3 Å². The molecule has 4 nitrogen and oxygen atoms in total. The van der Waals surface area contributed by atoms with Crippen LogP contribution in [0.4, 0.5) is 4.79 Å². The van der Waals surface area contributed by atoms with Crippen molar-refractivity contribution in [1.82, 2.24) is 15.5 Å². The highest BCUT2D eigenvalue weighted by molar-refractivity contribution is 5.74. The zero-order chi connectivity index (χ0) is 11.2. The van der Waals surface area contributed by atoms with E-state index < -0.39 is 0 Å². The van der Waals surface area contributed by atoms with Crippen LogP contribution in [0.5, 0.6) is 0 Å². The first-order valence-electron chi connectivity index (χ1n) is 6.60. The van der Waals surface area contributed by atoms with E-state index >= 15 is 0 Å². The number of hydrogen-bond donors (Lipinski definition) is 2. The van der Waals surface area contributed by atoms with Gasteiger partial charge in [0.25, 0.3) is 0 Å². The van der Waals surface area contributed by atoms with Crippen LogP contribution >= 0.6 is 0 Å². The van der Waals surface area contributed by atoms with E-state index in [9.17, 15) is 4.79 Å². The molecule has 0 aromatic rings. The molecule has 1 saturated carbocycles. The second-order valence-electron chi connectivity index (χ2n) is 4.93. The lowest BCUT2D eigenvalue weighted by Gasteiger charge is -2.29. The summed E-state index contributed by atoms with van der Waals surface area (Å²) >= 11 is 0. The van der Waals surface area contributed by atoms with Gasteiger partial charge in [0.15, 0.2) is 0 Å². The van der Waals surface area contributed by atoms with E-state index in [0.29, 0.717) is 0 Å². The van der Waals surface area contributed by atoms with Crippen molar-refractivity contribution >= 4 is 6.03 Å². The van der Waals surface area contributed by atoms with Gasteiger partial charge >= 0.3 is 6.03 Å². The Morgan fingerprint density at radius 2 is 1.88 bits per heavy atom. The maximum Gasteiger partial charge on any atom is 0.317 e. The van der Waals surface area contributed by atoms with Crippen LogP contribution in [-0.2, 0) is 0 Å². The molecule has 1 aliphatic heterocycles. The molecule has 2 aliphatic rings. The van der Waals surface area contributed by atoms with E-state index in [1.807, 2.05) is 4.90 Å². The maximum atomic E-state index is 11.8. The summed E-state index contributed by atoms with van der Waals surface area (Å²) in [4.78, 5) is 13.7. The summed E-state index contributed by atoms with van der Waals surface area (Å²) in [6.07, 6.45) is 6.65. The minimum absolute atomic E-state index is 0.132. The molecule has 0 unspecified atom stereocenters. The van der Waals surface area contributed by atoms with E-state index in [-0.39, 0.29) is 6.03 Å². The second-order valence-corrected chi connectivity index (χ2v) is 4.93. The zero-order valence-corrected chi connectivity index (χ0v) is 10.0. The van der Waals surface area contributed by atoms with E-state index in [2.05, 4.69) is 10.6 Å².